The lowest BCUT2D eigenvalue weighted by molar-refractivity contribution is 0.505. The number of sulfone groups is 1. The van der Waals surface area contributed by atoms with Crippen LogP contribution in [0.25, 0.3) is 0 Å². The maximum atomic E-state index is 11.7. The van der Waals surface area contributed by atoms with Crippen LogP contribution in [0.2, 0.25) is 0 Å². The van der Waals surface area contributed by atoms with E-state index < -0.39 is 12.0 Å². The molecule has 0 bridgehead atoms. The van der Waals surface area contributed by atoms with E-state index in [2.05, 4.69) is 53.2 Å². The molecule has 0 atom stereocenters. The van der Waals surface area contributed by atoms with Crippen molar-refractivity contribution in [2.45, 2.75) is 2.14 Å². The van der Waals surface area contributed by atoms with Crippen LogP contribution in [-0.2, 0) is 9.84 Å². The van der Waals surface area contributed by atoms with Crippen LogP contribution in [0.15, 0.2) is 10.4 Å². The molecule has 0 aromatic rings. The quantitative estimate of drug-likeness (QED) is 0.537. The fraction of sp³-hybridized carbons (Fsp3) is 0.600. The van der Waals surface area contributed by atoms with Crippen LogP contribution < -0.4 is 5.43 Å². The van der Waals surface area contributed by atoms with Crippen LogP contribution in [-0.4, -0.2) is 27.8 Å². The largest absolute Gasteiger partial charge is 0.315 e. The molecule has 82 valence electrons. The summed E-state index contributed by atoms with van der Waals surface area (Å²) in [5.74, 6) is -0.0750. The van der Waals surface area contributed by atoms with Gasteiger partial charge in [0.2, 0.25) is 0 Å². The molecule has 0 spiro atoms. The zero-order valence-corrected chi connectivity index (χ0v) is 13.4. The van der Waals surface area contributed by atoms with Gasteiger partial charge in [0.25, 0.3) is 0 Å². The summed E-state index contributed by atoms with van der Waals surface area (Å²) in [6, 6.07) is 0. The maximum absolute atomic E-state index is 11.7. The molecule has 0 aliphatic carbocycles. The summed E-state index contributed by atoms with van der Waals surface area (Å²) in [4.78, 5) is 0. The molecule has 1 rings (SSSR count). The van der Waals surface area contributed by atoms with Crippen LogP contribution in [0.5, 0.6) is 0 Å². The summed E-state index contributed by atoms with van der Waals surface area (Å²) in [7, 11) is -1.53. The first-order chi connectivity index (χ1) is 6.21. The van der Waals surface area contributed by atoms with E-state index in [4.69, 9.17) is 0 Å². The van der Waals surface area contributed by atoms with Crippen LogP contribution in [0.4, 0.5) is 0 Å². The summed E-state index contributed by atoms with van der Waals surface area (Å²) in [5, 5.41) is 0. The Kier molecular flexibility index (Phi) is 4.39. The highest BCUT2D eigenvalue weighted by atomic mass is 80.0. The van der Waals surface area contributed by atoms with Gasteiger partial charge in [0.15, 0.2) is 9.84 Å². The monoisotopic (exact) mass is 428 g/mol. The first kappa shape index (κ1) is 13.3. The normalized spacial score (nSPS) is 19.3. The number of rotatable bonds is 2. The van der Waals surface area contributed by atoms with Gasteiger partial charge in [-0.25, -0.2) is 8.42 Å². The predicted octanol–water partition coefficient (Wildman–Crippen LogP) is 2.14. The molecule has 4 nitrogen and oxygen atoms in total. The van der Waals surface area contributed by atoms with Crippen LogP contribution in [0.3, 0.4) is 0 Å². The molecule has 9 heteroatoms. The fourth-order valence-electron chi connectivity index (χ4n) is 0.764. The highest BCUT2D eigenvalue weighted by Crippen LogP contribution is 2.38. The van der Waals surface area contributed by atoms with Gasteiger partial charge in [-0.1, -0.05) is 47.8 Å². The van der Waals surface area contributed by atoms with E-state index in [0.29, 0.717) is 4.24 Å². The van der Waals surface area contributed by atoms with Crippen molar-refractivity contribution in [3.05, 3.63) is 10.4 Å². The molecular formula is C5H7Br3N2O2S2. The molecule has 0 saturated heterocycles. The van der Waals surface area contributed by atoms with Gasteiger partial charge in [0, 0.05) is 13.2 Å². The van der Waals surface area contributed by atoms with E-state index in [1.165, 1.54) is 6.20 Å². The molecule has 1 heterocycles. The lowest BCUT2D eigenvalue weighted by Crippen LogP contribution is -2.19. The summed E-state index contributed by atoms with van der Waals surface area (Å²) in [6.45, 7) is 0. The Hall–Kier alpha value is 1.24. The molecule has 0 aromatic carbocycles. The topological polar surface area (TPSA) is 49.4 Å². The first-order valence-electron chi connectivity index (χ1n) is 3.38. The van der Waals surface area contributed by atoms with Gasteiger partial charge in [-0.15, -0.1) is 0 Å². The third-order valence-electron chi connectivity index (χ3n) is 1.25. The SMILES string of the molecule is CN1NC=C(S(=O)(=O)CC(Br)(Br)Br)S1. The van der Waals surface area contributed by atoms with Gasteiger partial charge < -0.3 is 5.43 Å². The minimum absolute atomic E-state index is 0.0750. The van der Waals surface area contributed by atoms with Crippen LogP contribution >= 0.6 is 59.7 Å². The lowest BCUT2D eigenvalue weighted by Gasteiger charge is -2.12. The van der Waals surface area contributed by atoms with Crippen LogP contribution in [0.1, 0.15) is 0 Å². The van der Waals surface area contributed by atoms with Crippen molar-refractivity contribution in [3.8, 4) is 0 Å². The van der Waals surface area contributed by atoms with Crippen molar-refractivity contribution < 1.29 is 8.42 Å². The molecule has 1 aliphatic rings. The Labute approximate surface area is 112 Å². The van der Waals surface area contributed by atoms with E-state index in [-0.39, 0.29) is 5.75 Å². The fourth-order valence-corrected chi connectivity index (χ4v) is 5.73. The molecule has 1 aliphatic heterocycles. The average Bonchev–Trinajstić information content (AvgIpc) is 2.29. The second-order valence-corrected chi connectivity index (χ2v) is 13.2. The van der Waals surface area contributed by atoms with Gasteiger partial charge in [-0.2, -0.15) is 4.41 Å². The summed E-state index contributed by atoms with van der Waals surface area (Å²) in [6.07, 6.45) is 1.47. The summed E-state index contributed by atoms with van der Waals surface area (Å²) in [5.41, 5.74) is 2.77. The zero-order valence-electron chi connectivity index (χ0n) is 7.00. The van der Waals surface area contributed by atoms with Crippen molar-refractivity contribution in [1.82, 2.24) is 9.84 Å². The van der Waals surface area contributed by atoms with Gasteiger partial charge in [0.05, 0.1) is 5.75 Å². The van der Waals surface area contributed by atoms with Gasteiger partial charge in [-0.05, 0) is 11.9 Å². The van der Waals surface area contributed by atoms with Gasteiger partial charge in [0.1, 0.15) is 6.38 Å². The Bertz CT molecular complexity index is 348. The Morgan fingerprint density at radius 1 is 1.57 bits per heavy atom. The molecule has 0 saturated carbocycles. The molecular weight excluding hydrogens is 424 g/mol. The van der Waals surface area contributed by atoms with Crippen molar-refractivity contribution in [2.75, 3.05) is 12.8 Å². The van der Waals surface area contributed by atoms with E-state index in [0.717, 1.165) is 11.9 Å². The molecule has 14 heavy (non-hydrogen) atoms. The van der Waals surface area contributed by atoms with E-state index in [1.54, 1.807) is 11.5 Å². The third-order valence-corrected chi connectivity index (χ3v) is 6.41. The molecule has 1 N–H and O–H groups in total. The molecule has 0 amide bonds. The number of hydrogen-bond donors (Lipinski definition) is 1. The van der Waals surface area contributed by atoms with Gasteiger partial charge in [-0.3, -0.25) is 0 Å². The number of nitrogens with one attached hydrogen (secondary N) is 1. The van der Waals surface area contributed by atoms with Crippen molar-refractivity contribution >= 4 is 69.6 Å². The van der Waals surface area contributed by atoms with Gasteiger partial charge >= 0.3 is 0 Å². The molecule has 0 fully saturated rings. The second-order valence-electron chi connectivity index (χ2n) is 2.56. The number of halogens is 3. The van der Waals surface area contributed by atoms with E-state index >= 15 is 0 Å². The maximum Gasteiger partial charge on any atom is 0.190 e. The number of hydrogen-bond acceptors (Lipinski definition) is 5. The minimum Gasteiger partial charge on any atom is -0.315 e. The second kappa shape index (κ2) is 4.62. The molecule has 0 radical (unpaired) electrons. The standard InChI is InChI=1S/C5H7Br3N2O2S2/c1-10-9-2-4(13-10)14(11,12)3-5(6,7)8/h2,9H,3H2,1H3. The van der Waals surface area contributed by atoms with E-state index in [1.807, 2.05) is 0 Å². The number of hydrazine groups is 1. The Balaban J connectivity index is 2.78. The number of nitrogens with zero attached hydrogens (tertiary/aromatic N) is 1. The summed E-state index contributed by atoms with van der Waals surface area (Å²) < 4.78 is 24.7. The van der Waals surface area contributed by atoms with Crippen molar-refractivity contribution in [3.63, 3.8) is 0 Å². The van der Waals surface area contributed by atoms with Crippen molar-refractivity contribution in [1.29, 1.82) is 0 Å². The zero-order chi connectivity index (χ0) is 11.0. The Morgan fingerprint density at radius 3 is 2.50 bits per heavy atom. The first-order valence-corrected chi connectivity index (χ1v) is 8.19. The van der Waals surface area contributed by atoms with Crippen molar-refractivity contribution in [2.24, 2.45) is 0 Å². The third kappa shape index (κ3) is 4.01. The Morgan fingerprint density at radius 2 is 2.14 bits per heavy atom. The average molecular weight is 431 g/mol. The van der Waals surface area contributed by atoms with Crippen LogP contribution in [0, 0.1) is 0 Å². The predicted molar refractivity (Wildman–Crippen MR) is 69.9 cm³/mol. The number of alkyl halides is 3. The smallest absolute Gasteiger partial charge is 0.190 e. The highest BCUT2D eigenvalue weighted by molar-refractivity contribution is 9.39. The highest BCUT2D eigenvalue weighted by Gasteiger charge is 2.32. The minimum atomic E-state index is -3.27. The summed E-state index contributed by atoms with van der Waals surface area (Å²) >= 11 is 10.6. The van der Waals surface area contributed by atoms with E-state index in [9.17, 15) is 8.42 Å². The lowest BCUT2D eigenvalue weighted by atomic mass is 11.0. The molecule has 0 unspecified atom stereocenters. The molecule has 0 aromatic heterocycles.